The Morgan fingerprint density at radius 2 is 1.71 bits per heavy atom. The highest BCUT2D eigenvalue weighted by molar-refractivity contribution is 5.78. The quantitative estimate of drug-likeness (QED) is 0.512. The van der Waals surface area contributed by atoms with E-state index >= 15 is 0 Å². The smallest absolute Gasteiger partial charge is 0.227 e. The van der Waals surface area contributed by atoms with Gasteiger partial charge in [-0.15, -0.1) is 0 Å². The molecule has 0 saturated heterocycles. The standard InChI is InChI=1S/C24H27FN2O/c1-2-3-15-27(24(28)17-20-11-13-22(25)14-12-20)19-23-10-7-16-26(23)18-21-8-5-4-6-9-21/h4-14,16H,2-3,15,17-19H2,1H3. The van der Waals surface area contributed by atoms with Gasteiger partial charge < -0.3 is 9.47 Å². The second-order valence-electron chi connectivity index (χ2n) is 7.09. The van der Waals surface area contributed by atoms with Crippen molar-refractivity contribution in [2.75, 3.05) is 6.54 Å². The zero-order valence-corrected chi connectivity index (χ0v) is 16.4. The monoisotopic (exact) mass is 378 g/mol. The van der Waals surface area contributed by atoms with Gasteiger partial charge in [0.15, 0.2) is 0 Å². The first-order valence-electron chi connectivity index (χ1n) is 9.86. The first kappa shape index (κ1) is 19.9. The van der Waals surface area contributed by atoms with E-state index in [1.54, 1.807) is 12.1 Å². The molecule has 1 amide bonds. The van der Waals surface area contributed by atoms with Crippen LogP contribution in [-0.4, -0.2) is 21.9 Å². The van der Waals surface area contributed by atoms with Crippen molar-refractivity contribution in [3.63, 3.8) is 0 Å². The number of hydrogen-bond donors (Lipinski definition) is 0. The number of carbonyl (C=O) groups is 1. The summed E-state index contributed by atoms with van der Waals surface area (Å²) in [6.45, 7) is 4.23. The van der Waals surface area contributed by atoms with E-state index in [1.165, 1.54) is 17.7 Å². The lowest BCUT2D eigenvalue weighted by Crippen LogP contribution is -2.33. The third kappa shape index (κ3) is 5.56. The van der Waals surface area contributed by atoms with Crippen LogP contribution in [-0.2, 0) is 24.3 Å². The maximum absolute atomic E-state index is 13.1. The van der Waals surface area contributed by atoms with Crippen molar-refractivity contribution in [3.8, 4) is 0 Å². The van der Waals surface area contributed by atoms with E-state index < -0.39 is 0 Å². The molecular formula is C24H27FN2O. The number of benzene rings is 2. The summed E-state index contributed by atoms with van der Waals surface area (Å²) >= 11 is 0. The van der Waals surface area contributed by atoms with Gasteiger partial charge in [-0.25, -0.2) is 4.39 Å². The lowest BCUT2D eigenvalue weighted by molar-refractivity contribution is -0.131. The fourth-order valence-electron chi connectivity index (χ4n) is 3.25. The fourth-order valence-corrected chi connectivity index (χ4v) is 3.25. The van der Waals surface area contributed by atoms with Crippen molar-refractivity contribution in [1.82, 2.24) is 9.47 Å². The van der Waals surface area contributed by atoms with Gasteiger partial charge in [0.25, 0.3) is 0 Å². The maximum atomic E-state index is 13.1. The Balaban J connectivity index is 1.71. The zero-order chi connectivity index (χ0) is 19.8. The minimum Gasteiger partial charge on any atom is -0.345 e. The third-order valence-electron chi connectivity index (χ3n) is 4.88. The van der Waals surface area contributed by atoms with Crippen LogP contribution < -0.4 is 0 Å². The predicted molar refractivity (Wildman–Crippen MR) is 110 cm³/mol. The lowest BCUT2D eigenvalue weighted by Gasteiger charge is -2.24. The second-order valence-corrected chi connectivity index (χ2v) is 7.09. The van der Waals surface area contributed by atoms with Crippen molar-refractivity contribution >= 4 is 5.91 Å². The van der Waals surface area contributed by atoms with Gasteiger partial charge >= 0.3 is 0 Å². The van der Waals surface area contributed by atoms with Crippen LogP contribution in [0.25, 0.3) is 0 Å². The molecule has 0 radical (unpaired) electrons. The van der Waals surface area contributed by atoms with Crippen molar-refractivity contribution < 1.29 is 9.18 Å². The predicted octanol–water partition coefficient (Wildman–Crippen LogP) is 5.05. The Kier molecular flexibility index (Phi) is 7.01. The summed E-state index contributed by atoms with van der Waals surface area (Å²) in [6.07, 6.45) is 4.36. The highest BCUT2D eigenvalue weighted by Gasteiger charge is 2.16. The van der Waals surface area contributed by atoms with Crippen molar-refractivity contribution in [3.05, 3.63) is 95.6 Å². The maximum Gasteiger partial charge on any atom is 0.227 e. The number of nitrogens with zero attached hydrogens (tertiary/aromatic N) is 2. The molecule has 0 fully saturated rings. The van der Waals surface area contributed by atoms with E-state index in [0.29, 0.717) is 13.0 Å². The number of hydrogen-bond acceptors (Lipinski definition) is 1. The van der Waals surface area contributed by atoms with Gasteiger partial charge in [-0.1, -0.05) is 55.8 Å². The number of halogens is 1. The molecule has 2 aromatic carbocycles. The minimum atomic E-state index is -0.280. The number of rotatable bonds is 9. The summed E-state index contributed by atoms with van der Waals surface area (Å²) < 4.78 is 15.3. The SMILES string of the molecule is CCCCN(Cc1cccn1Cc1ccccc1)C(=O)Cc1ccc(F)cc1. The largest absolute Gasteiger partial charge is 0.345 e. The normalized spacial score (nSPS) is 10.8. The van der Waals surface area contributed by atoms with Crippen LogP contribution in [0.5, 0.6) is 0 Å². The van der Waals surface area contributed by atoms with Gasteiger partial charge in [0, 0.05) is 25.0 Å². The molecule has 0 saturated carbocycles. The number of amides is 1. The Morgan fingerprint density at radius 1 is 0.964 bits per heavy atom. The molecule has 1 heterocycles. The van der Waals surface area contributed by atoms with Crippen LogP contribution in [0.4, 0.5) is 4.39 Å². The Bertz CT molecular complexity index is 871. The Labute approximate surface area is 166 Å². The summed E-state index contributed by atoms with van der Waals surface area (Å²) in [4.78, 5) is 14.8. The molecule has 0 aliphatic rings. The molecule has 0 N–H and O–H groups in total. The van der Waals surface area contributed by atoms with E-state index in [9.17, 15) is 9.18 Å². The van der Waals surface area contributed by atoms with Gasteiger partial charge in [0.05, 0.1) is 13.0 Å². The highest BCUT2D eigenvalue weighted by Crippen LogP contribution is 2.13. The van der Waals surface area contributed by atoms with E-state index in [2.05, 4.69) is 35.9 Å². The molecule has 4 heteroatoms. The number of aromatic nitrogens is 1. The molecule has 3 aromatic rings. The van der Waals surface area contributed by atoms with E-state index in [-0.39, 0.29) is 11.7 Å². The van der Waals surface area contributed by atoms with Crippen LogP contribution in [0.15, 0.2) is 72.9 Å². The Hall–Kier alpha value is -2.88. The molecule has 0 aliphatic heterocycles. The average Bonchev–Trinajstić information content (AvgIpc) is 3.14. The lowest BCUT2D eigenvalue weighted by atomic mass is 10.1. The van der Waals surface area contributed by atoms with Crippen LogP contribution in [0.3, 0.4) is 0 Å². The number of carbonyl (C=O) groups excluding carboxylic acids is 1. The highest BCUT2D eigenvalue weighted by atomic mass is 19.1. The van der Waals surface area contributed by atoms with Crippen LogP contribution in [0.1, 0.15) is 36.6 Å². The molecule has 0 bridgehead atoms. The molecule has 146 valence electrons. The summed E-state index contributed by atoms with van der Waals surface area (Å²) in [7, 11) is 0. The molecule has 3 rings (SSSR count). The molecular weight excluding hydrogens is 351 g/mol. The van der Waals surface area contributed by atoms with Gasteiger partial charge in [-0.3, -0.25) is 4.79 Å². The van der Waals surface area contributed by atoms with Crippen LogP contribution in [0.2, 0.25) is 0 Å². The molecule has 0 aliphatic carbocycles. The van der Waals surface area contributed by atoms with Gasteiger partial charge in [0.2, 0.25) is 5.91 Å². The number of unbranched alkanes of at least 4 members (excludes halogenated alkanes) is 1. The van der Waals surface area contributed by atoms with Crippen molar-refractivity contribution in [2.45, 2.75) is 39.3 Å². The summed E-state index contributed by atoms with van der Waals surface area (Å²) in [6, 6.07) is 20.6. The van der Waals surface area contributed by atoms with Gasteiger partial charge in [0.1, 0.15) is 5.82 Å². The van der Waals surface area contributed by atoms with Crippen molar-refractivity contribution in [1.29, 1.82) is 0 Å². The third-order valence-corrected chi connectivity index (χ3v) is 4.88. The van der Waals surface area contributed by atoms with Crippen LogP contribution in [0, 0.1) is 5.82 Å². The average molecular weight is 378 g/mol. The summed E-state index contributed by atoms with van der Waals surface area (Å²) in [5, 5.41) is 0. The molecule has 0 spiro atoms. The molecule has 28 heavy (non-hydrogen) atoms. The molecule has 1 aromatic heterocycles. The molecule has 0 unspecified atom stereocenters. The van der Waals surface area contributed by atoms with Crippen molar-refractivity contribution in [2.24, 2.45) is 0 Å². The fraction of sp³-hybridized carbons (Fsp3) is 0.292. The van der Waals surface area contributed by atoms with Gasteiger partial charge in [-0.2, -0.15) is 0 Å². The summed E-state index contributed by atoms with van der Waals surface area (Å²) in [5.74, 6) is -0.203. The molecule has 3 nitrogen and oxygen atoms in total. The topological polar surface area (TPSA) is 25.2 Å². The molecule has 0 atom stereocenters. The first-order valence-corrected chi connectivity index (χ1v) is 9.86. The zero-order valence-electron chi connectivity index (χ0n) is 16.4. The van der Waals surface area contributed by atoms with Gasteiger partial charge in [-0.05, 0) is 41.8 Å². The first-order chi connectivity index (χ1) is 13.7. The Morgan fingerprint density at radius 3 is 2.43 bits per heavy atom. The van der Waals surface area contributed by atoms with E-state index in [4.69, 9.17) is 0 Å². The summed E-state index contributed by atoms with van der Waals surface area (Å²) in [5.41, 5.74) is 3.19. The second kappa shape index (κ2) is 9.88. The minimum absolute atomic E-state index is 0.0764. The van der Waals surface area contributed by atoms with Crippen LogP contribution >= 0.6 is 0 Å². The van der Waals surface area contributed by atoms with E-state index in [1.807, 2.05) is 29.2 Å². The van der Waals surface area contributed by atoms with E-state index in [0.717, 1.165) is 37.2 Å².